The summed E-state index contributed by atoms with van der Waals surface area (Å²) < 4.78 is 1.92. The molecule has 1 heterocycles. The van der Waals surface area contributed by atoms with E-state index in [2.05, 4.69) is 21.6 Å². The van der Waals surface area contributed by atoms with Crippen molar-refractivity contribution in [3.63, 3.8) is 0 Å². The number of anilines is 2. The molecule has 152 valence electrons. The molecule has 0 aliphatic heterocycles. The first-order chi connectivity index (χ1) is 14.5. The van der Waals surface area contributed by atoms with E-state index < -0.39 is 0 Å². The van der Waals surface area contributed by atoms with Crippen molar-refractivity contribution in [1.29, 1.82) is 0 Å². The smallest absolute Gasteiger partial charge is 0.234 e. The number of thioether (sulfide) groups is 1. The van der Waals surface area contributed by atoms with E-state index in [1.54, 1.807) is 0 Å². The number of amides is 1. The van der Waals surface area contributed by atoms with Crippen molar-refractivity contribution in [2.75, 3.05) is 30.1 Å². The number of hydrogen-bond acceptors (Lipinski definition) is 5. The van der Waals surface area contributed by atoms with Gasteiger partial charge in [0.1, 0.15) is 0 Å². The molecule has 0 fully saturated rings. The average molecular weight is 418 g/mol. The first-order valence-corrected chi connectivity index (χ1v) is 10.6. The van der Waals surface area contributed by atoms with Crippen LogP contribution in [0.15, 0.2) is 71.9 Å². The number of rotatable bonds is 6. The van der Waals surface area contributed by atoms with Gasteiger partial charge in [0, 0.05) is 43.5 Å². The van der Waals surface area contributed by atoms with Crippen LogP contribution in [0.3, 0.4) is 0 Å². The first-order valence-electron chi connectivity index (χ1n) is 9.60. The van der Waals surface area contributed by atoms with E-state index >= 15 is 0 Å². The molecule has 4 aromatic rings. The fourth-order valence-corrected chi connectivity index (χ4v) is 3.98. The predicted molar refractivity (Wildman–Crippen MR) is 124 cm³/mol. The van der Waals surface area contributed by atoms with Crippen molar-refractivity contribution < 1.29 is 4.79 Å². The zero-order chi connectivity index (χ0) is 21.1. The van der Waals surface area contributed by atoms with Crippen LogP contribution >= 0.6 is 11.8 Å². The third kappa shape index (κ3) is 4.16. The summed E-state index contributed by atoms with van der Waals surface area (Å²) >= 11 is 1.37. The minimum absolute atomic E-state index is 0.0736. The van der Waals surface area contributed by atoms with Gasteiger partial charge >= 0.3 is 0 Å². The summed E-state index contributed by atoms with van der Waals surface area (Å²) in [5.74, 6) is 0.957. The zero-order valence-electron chi connectivity index (χ0n) is 17.2. The normalized spacial score (nSPS) is 10.9. The van der Waals surface area contributed by atoms with Crippen molar-refractivity contribution in [2.45, 2.75) is 5.16 Å². The molecular weight excluding hydrogens is 394 g/mol. The molecule has 1 amide bonds. The molecule has 0 aliphatic rings. The Balaban J connectivity index is 1.45. The number of carbonyl (C=O) groups is 1. The Labute approximate surface area is 179 Å². The summed E-state index contributed by atoms with van der Waals surface area (Å²) in [6, 6.07) is 22.0. The largest absolute Gasteiger partial charge is 0.378 e. The molecule has 1 N–H and O–H groups in total. The van der Waals surface area contributed by atoms with Gasteiger partial charge in [0.2, 0.25) is 5.91 Å². The Bertz CT molecular complexity index is 1200. The van der Waals surface area contributed by atoms with Gasteiger partial charge in [-0.1, -0.05) is 60.3 Å². The molecule has 0 atom stereocenters. The van der Waals surface area contributed by atoms with Gasteiger partial charge in [-0.3, -0.25) is 4.79 Å². The molecular formula is C23H23N5OS. The van der Waals surface area contributed by atoms with Crippen molar-refractivity contribution in [3.05, 3.63) is 66.7 Å². The van der Waals surface area contributed by atoms with Crippen molar-refractivity contribution >= 4 is 39.8 Å². The van der Waals surface area contributed by atoms with Gasteiger partial charge in [0.25, 0.3) is 0 Å². The van der Waals surface area contributed by atoms with Crippen LogP contribution in [-0.2, 0) is 11.8 Å². The van der Waals surface area contributed by atoms with E-state index in [9.17, 15) is 4.79 Å². The molecule has 7 heteroatoms. The topological polar surface area (TPSA) is 63.1 Å². The standard InChI is InChI=1S/C23H23N5OS/c1-27(2)18-11-6-10-17(14-18)22-25-26-23(28(22)3)30-15-21(29)24-20-13-7-9-16-8-4-5-12-19(16)20/h4-14H,15H2,1-3H3,(H,24,29). The van der Waals surface area contributed by atoms with Crippen LogP contribution in [0.4, 0.5) is 11.4 Å². The maximum absolute atomic E-state index is 12.5. The predicted octanol–water partition coefficient (Wildman–Crippen LogP) is 4.43. The quantitative estimate of drug-likeness (QED) is 0.470. The van der Waals surface area contributed by atoms with Crippen LogP contribution < -0.4 is 10.2 Å². The average Bonchev–Trinajstić information content (AvgIpc) is 3.13. The van der Waals surface area contributed by atoms with Gasteiger partial charge in [0.15, 0.2) is 11.0 Å². The highest BCUT2D eigenvalue weighted by Gasteiger charge is 2.14. The lowest BCUT2D eigenvalue weighted by Gasteiger charge is -2.13. The maximum atomic E-state index is 12.5. The number of hydrogen-bond donors (Lipinski definition) is 1. The Kier molecular flexibility index (Phi) is 5.72. The van der Waals surface area contributed by atoms with E-state index in [-0.39, 0.29) is 11.7 Å². The van der Waals surface area contributed by atoms with Crippen LogP contribution in [0.2, 0.25) is 0 Å². The second-order valence-corrected chi connectivity index (χ2v) is 8.12. The fourth-order valence-electron chi connectivity index (χ4n) is 3.27. The third-order valence-electron chi connectivity index (χ3n) is 4.85. The molecule has 0 saturated heterocycles. The molecule has 4 rings (SSSR count). The summed E-state index contributed by atoms with van der Waals surface area (Å²) in [6.07, 6.45) is 0. The minimum atomic E-state index is -0.0736. The molecule has 3 aromatic carbocycles. The molecule has 1 aromatic heterocycles. The summed E-state index contributed by atoms with van der Waals surface area (Å²) in [5, 5.41) is 14.4. The van der Waals surface area contributed by atoms with E-state index in [0.29, 0.717) is 5.16 Å². The highest BCUT2D eigenvalue weighted by atomic mass is 32.2. The lowest BCUT2D eigenvalue weighted by molar-refractivity contribution is -0.113. The molecule has 0 unspecified atom stereocenters. The maximum Gasteiger partial charge on any atom is 0.234 e. The molecule has 0 aliphatic carbocycles. The summed E-state index contributed by atoms with van der Waals surface area (Å²) in [6.45, 7) is 0. The monoisotopic (exact) mass is 417 g/mol. The number of nitrogens with zero attached hydrogens (tertiary/aromatic N) is 4. The molecule has 0 radical (unpaired) electrons. The Hall–Kier alpha value is -3.32. The number of fused-ring (bicyclic) bond motifs is 1. The number of carbonyl (C=O) groups excluding carboxylic acids is 1. The van der Waals surface area contributed by atoms with Gasteiger partial charge in [0.05, 0.1) is 5.75 Å². The molecule has 6 nitrogen and oxygen atoms in total. The second kappa shape index (κ2) is 8.59. The molecule has 0 bridgehead atoms. The highest BCUT2D eigenvalue weighted by molar-refractivity contribution is 7.99. The number of benzene rings is 3. The van der Waals surface area contributed by atoms with E-state index in [4.69, 9.17) is 0 Å². The van der Waals surface area contributed by atoms with Gasteiger partial charge in [-0.25, -0.2) is 0 Å². The highest BCUT2D eigenvalue weighted by Crippen LogP contribution is 2.26. The summed E-state index contributed by atoms with van der Waals surface area (Å²) in [4.78, 5) is 14.6. The lowest BCUT2D eigenvalue weighted by atomic mass is 10.1. The first kappa shape index (κ1) is 20.0. The van der Waals surface area contributed by atoms with Gasteiger partial charge < -0.3 is 14.8 Å². The van der Waals surface area contributed by atoms with Gasteiger partial charge in [-0.05, 0) is 23.6 Å². The van der Waals surface area contributed by atoms with Crippen LogP contribution in [0.1, 0.15) is 0 Å². The van der Waals surface area contributed by atoms with Crippen LogP contribution in [-0.4, -0.2) is 40.5 Å². The third-order valence-corrected chi connectivity index (χ3v) is 5.87. The van der Waals surface area contributed by atoms with E-state index in [0.717, 1.165) is 33.5 Å². The summed E-state index contributed by atoms with van der Waals surface area (Å²) in [5.41, 5.74) is 2.90. The van der Waals surface area contributed by atoms with Crippen molar-refractivity contribution in [3.8, 4) is 11.4 Å². The fraction of sp³-hybridized carbons (Fsp3) is 0.174. The minimum Gasteiger partial charge on any atom is -0.378 e. The Morgan fingerprint density at radius 2 is 1.80 bits per heavy atom. The van der Waals surface area contributed by atoms with Gasteiger partial charge in [-0.15, -0.1) is 10.2 Å². The molecule has 0 spiro atoms. The van der Waals surface area contributed by atoms with Crippen molar-refractivity contribution in [2.24, 2.45) is 7.05 Å². The number of aromatic nitrogens is 3. The lowest BCUT2D eigenvalue weighted by Crippen LogP contribution is -2.14. The Morgan fingerprint density at radius 3 is 2.63 bits per heavy atom. The SMILES string of the molecule is CN(C)c1cccc(-c2nnc(SCC(=O)Nc3cccc4ccccc34)n2C)c1. The van der Waals surface area contributed by atoms with Crippen molar-refractivity contribution in [1.82, 2.24) is 14.8 Å². The Morgan fingerprint density at radius 1 is 1.03 bits per heavy atom. The van der Waals surface area contributed by atoms with Crippen LogP contribution in [0.25, 0.3) is 22.2 Å². The van der Waals surface area contributed by atoms with Gasteiger partial charge in [-0.2, -0.15) is 0 Å². The van der Waals surface area contributed by atoms with E-state index in [1.165, 1.54) is 11.8 Å². The second-order valence-electron chi connectivity index (χ2n) is 7.17. The molecule has 0 saturated carbocycles. The number of nitrogens with one attached hydrogen (secondary N) is 1. The van der Waals surface area contributed by atoms with Crippen LogP contribution in [0.5, 0.6) is 0 Å². The van der Waals surface area contributed by atoms with Crippen LogP contribution in [0, 0.1) is 0 Å². The zero-order valence-corrected chi connectivity index (χ0v) is 18.0. The van der Waals surface area contributed by atoms with E-state index in [1.807, 2.05) is 91.3 Å². The summed E-state index contributed by atoms with van der Waals surface area (Å²) in [7, 11) is 5.93. The molecule has 30 heavy (non-hydrogen) atoms.